The SMILES string of the molecule is NC(=O)c1cn(CCCCn2cc(C(=O)NCc3cncc(N4CC(F)(F)C4)c3)nn2)nn1. The summed E-state index contributed by atoms with van der Waals surface area (Å²) in [6.45, 7) is 0.623. The Hall–Kier alpha value is -3.97. The Morgan fingerprint density at radius 3 is 2.27 bits per heavy atom. The van der Waals surface area contributed by atoms with Gasteiger partial charge in [0.15, 0.2) is 11.4 Å². The molecular weight excluding hydrogens is 438 g/mol. The first kappa shape index (κ1) is 22.2. The summed E-state index contributed by atoms with van der Waals surface area (Å²) in [5, 5.41) is 18.1. The lowest BCUT2D eigenvalue weighted by Gasteiger charge is -2.40. The maximum Gasteiger partial charge on any atom is 0.282 e. The second-order valence-electron chi connectivity index (χ2n) is 7.75. The van der Waals surface area contributed by atoms with Gasteiger partial charge in [0.1, 0.15) is 0 Å². The van der Waals surface area contributed by atoms with Crippen LogP contribution in [0.2, 0.25) is 0 Å². The van der Waals surface area contributed by atoms with E-state index in [9.17, 15) is 18.4 Å². The fourth-order valence-electron chi connectivity index (χ4n) is 3.29. The number of pyridine rings is 1. The van der Waals surface area contributed by atoms with Crippen LogP contribution in [0.25, 0.3) is 0 Å². The Balaban J connectivity index is 1.21. The largest absolute Gasteiger partial charge is 0.364 e. The number of hydrogen-bond donors (Lipinski definition) is 2. The van der Waals surface area contributed by atoms with E-state index in [1.807, 2.05) is 0 Å². The molecule has 4 rings (SSSR count). The Labute approximate surface area is 186 Å². The van der Waals surface area contributed by atoms with E-state index in [1.54, 1.807) is 23.1 Å². The van der Waals surface area contributed by atoms with Gasteiger partial charge in [-0.3, -0.25) is 23.9 Å². The van der Waals surface area contributed by atoms with Crippen molar-refractivity contribution in [2.24, 2.45) is 5.73 Å². The van der Waals surface area contributed by atoms with Crippen LogP contribution in [0.5, 0.6) is 0 Å². The van der Waals surface area contributed by atoms with Gasteiger partial charge in [0.25, 0.3) is 17.7 Å². The molecule has 2 amide bonds. The van der Waals surface area contributed by atoms with E-state index in [0.29, 0.717) is 24.3 Å². The fraction of sp³-hybridized carbons (Fsp3) is 0.421. The predicted molar refractivity (Wildman–Crippen MR) is 110 cm³/mol. The third-order valence-electron chi connectivity index (χ3n) is 5.03. The minimum atomic E-state index is -2.67. The standard InChI is InChI=1S/C19H22F2N10O2/c20-19(21)11-29(12-19)14-5-13(6-23-8-14)7-24-18(33)16-10-31(28-26-16)4-2-1-3-30-9-15(17(22)32)25-27-30/h5-6,8-10H,1-4,7,11-12H2,(H2,22,32)(H,24,33). The van der Waals surface area contributed by atoms with Crippen molar-refractivity contribution in [2.45, 2.75) is 38.4 Å². The number of carbonyl (C=O) groups excluding carboxylic acids is 2. The zero-order valence-electron chi connectivity index (χ0n) is 17.6. The molecule has 0 atom stereocenters. The Morgan fingerprint density at radius 2 is 1.67 bits per heavy atom. The average Bonchev–Trinajstić information content (AvgIpc) is 3.43. The maximum atomic E-state index is 13.1. The lowest BCUT2D eigenvalue weighted by atomic mass is 10.1. The molecule has 14 heteroatoms. The van der Waals surface area contributed by atoms with Gasteiger partial charge >= 0.3 is 0 Å². The molecule has 0 aliphatic carbocycles. The van der Waals surface area contributed by atoms with Gasteiger partial charge in [0.2, 0.25) is 0 Å². The Morgan fingerprint density at radius 1 is 1.03 bits per heavy atom. The summed E-state index contributed by atoms with van der Waals surface area (Å²) in [6.07, 6.45) is 7.61. The molecule has 0 unspecified atom stereocenters. The quantitative estimate of drug-likeness (QED) is 0.408. The molecule has 0 spiro atoms. The zero-order valence-corrected chi connectivity index (χ0v) is 17.6. The molecule has 0 aromatic carbocycles. The van der Waals surface area contributed by atoms with Crippen molar-refractivity contribution in [1.29, 1.82) is 0 Å². The van der Waals surface area contributed by atoms with Crippen LogP contribution in [0.1, 0.15) is 39.4 Å². The number of anilines is 1. The molecule has 1 fully saturated rings. The molecule has 0 saturated carbocycles. The van der Waals surface area contributed by atoms with Gasteiger partial charge in [0.05, 0.1) is 37.4 Å². The predicted octanol–water partition coefficient (Wildman–Crippen LogP) is 0.229. The monoisotopic (exact) mass is 460 g/mol. The number of nitrogens with one attached hydrogen (secondary N) is 1. The van der Waals surface area contributed by atoms with Gasteiger partial charge in [-0.05, 0) is 24.5 Å². The van der Waals surface area contributed by atoms with Gasteiger partial charge in [-0.2, -0.15) is 0 Å². The minimum absolute atomic E-state index is 0.117. The summed E-state index contributed by atoms with van der Waals surface area (Å²) in [5.41, 5.74) is 6.71. The van der Waals surface area contributed by atoms with E-state index >= 15 is 0 Å². The number of nitrogens with zero attached hydrogens (tertiary/aromatic N) is 8. The molecule has 0 radical (unpaired) electrons. The number of nitrogens with two attached hydrogens (primary N) is 1. The number of aryl methyl sites for hydroxylation is 2. The first-order valence-electron chi connectivity index (χ1n) is 10.2. The summed E-state index contributed by atoms with van der Waals surface area (Å²) in [4.78, 5) is 29.0. The van der Waals surface area contributed by atoms with Crippen molar-refractivity contribution in [3.05, 3.63) is 47.8 Å². The molecule has 33 heavy (non-hydrogen) atoms. The summed E-state index contributed by atoms with van der Waals surface area (Å²) >= 11 is 0. The highest BCUT2D eigenvalue weighted by atomic mass is 19.3. The molecule has 3 aromatic heterocycles. The third-order valence-corrected chi connectivity index (χ3v) is 5.03. The van der Waals surface area contributed by atoms with Crippen LogP contribution in [0.3, 0.4) is 0 Å². The van der Waals surface area contributed by atoms with Crippen molar-refractivity contribution in [3.8, 4) is 0 Å². The smallest absolute Gasteiger partial charge is 0.282 e. The number of carbonyl (C=O) groups is 2. The summed E-state index contributed by atoms with van der Waals surface area (Å²) in [5.74, 6) is -3.69. The number of aromatic nitrogens is 7. The highest BCUT2D eigenvalue weighted by Crippen LogP contribution is 2.31. The Bertz CT molecular complexity index is 1140. The van der Waals surface area contributed by atoms with Crippen molar-refractivity contribution in [1.82, 2.24) is 40.3 Å². The van der Waals surface area contributed by atoms with Crippen LogP contribution >= 0.6 is 0 Å². The fourth-order valence-corrected chi connectivity index (χ4v) is 3.29. The van der Waals surface area contributed by atoms with Gasteiger partial charge < -0.3 is 16.0 Å². The highest BCUT2D eigenvalue weighted by Gasteiger charge is 2.44. The molecule has 1 saturated heterocycles. The first-order chi connectivity index (χ1) is 15.8. The molecule has 1 aliphatic heterocycles. The van der Waals surface area contributed by atoms with Crippen molar-refractivity contribution >= 4 is 17.5 Å². The Kier molecular flexibility index (Phi) is 6.24. The zero-order chi connectivity index (χ0) is 23.4. The summed E-state index contributed by atoms with van der Waals surface area (Å²) in [7, 11) is 0. The van der Waals surface area contributed by atoms with Crippen LogP contribution in [0.15, 0.2) is 30.9 Å². The van der Waals surface area contributed by atoms with Crippen LogP contribution in [0, 0.1) is 0 Å². The normalized spacial score (nSPS) is 14.7. The second kappa shape index (κ2) is 9.26. The number of rotatable bonds is 10. The van der Waals surface area contributed by atoms with Crippen LogP contribution in [-0.2, 0) is 19.6 Å². The molecule has 3 N–H and O–H groups in total. The second-order valence-corrected chi connectivity index (χ2v) is 7.75. The van der Waals surface area contributed by atoms with Crippen LogP contribution in [-0.4, -0.2) is 65.8 Å². The molecule has 12 nitrogen and oxygen atoms in total. The van der Waals surface area contributed by atoms with Gasteiger partial charge in [-0.15, -0.1) is 10.2 Å². The van der Waals surface area contributed by atoms with Crippen LogP contribution < -0.4 is 16.0 Å². The molecule has 174 valence electrons. The van der Waals surface area contributed by atoms with E-state index < -0.39 is 17.7 Å². The summed E-state index contributed by atoms with van der Waals surface area (Å²) in [6, 6.07) is 1.72. The molecule has 1 aliphatic rings. The number of halogens is 2. The van der Waals surface area contributed by atoms with E-state index in [0.717, 1.165) is 12.8 Å². The lowest BCUT2D eigenvalue weighted by Crippen LogP contribution is -2.56. The third kappa shape index (κ3) is 5.64. The molecule has 4 heterocycles. The van der Waals surface area contributed by atoms with E-state index in [-0.39, 0.29) is 31.0 Å². The minimum Gasteiger partial charge on any atom is -0.364 e. The molecule has 3 aromatic rings. The summed E-state index contributed by atoms with van der Waals surface area (Å²) < 4.78 is 29.2. The topological polar surface area (TPSA) is 150 Å². The highest BCUT2D eigenvalue weighted by molar-refractivity contribution is 5.91. The van der Waals surface area contributed by atoms with Crippen LogP contribution in [0.4, 0.5) is 14.5 Å². The van der Waals surface area contributed by atoms with E-state index in [4.69, 9.17) is 5.73 Å². The number of amides is 2. The number of primary amides is 1. The van der Waals surface area contributed by atoms with Crippen molar-refractivity contribution in [2.75, 3.05) is 18.0 Å². The maximum absolute atomic E-state index is 13.1. The van der Waals surface area contributed by atoms with Crippen molar-refractivity contribution in [3.63, 3.8) is 0 Å². The van der Waals surface area contributed by atoms with Gasteiger partial charge in [-0.25, -0.2) is 8.78 Å². The van der Waals surface area contributed by atoms with E-state index in [2.05, 4.69) is 30.9 Å². The average molecular weight is 460 g/mol. The molecule has 0 bridgehead atoms. The number of hydrogen-bond acceptors (Lipinski definition) is 8. The van der Waals surface area contributed by atoms with Gasteiger partial charge in [0, 0.05) is 25.8 Å². The van der Waals surface area contributed by atoms with Gasteiger partial charge in [-0.1, -0.05) is 10.4 Å². The number of alkyl halides is 2. The molecular formula is C19H22F2N10O2. The van der Waals surface area contributed by atoms with Crippen molar-refractivity contribution < 1.29 is 18.4 Å². The van der Waals surface area contributed by atoms with E-state index in [1.165, 1.54) is 22.0 Å². The lowest BCUT2D eigenvalue weighted by molar-refractivity contribution is -0.0263. The first-order valence-corrected chi connectivity index (χ1v) is 10.2. The number of unbranched alkanes of at least 4 members (excludes halogenated alkanes) is 1.